The summed E-state index contributed by atoms with van der Waals surface area (Å²) in [5.41, 5.74) is 0. The fourth-order valence-electron chi connectivity index (χ4n) is 3.16. The molecule has 1 saturated carbocycles. The van der Waals surface area contributed by atoms with Gasteiger partial charge in [-0.2, -0.15) is 0 Å². The molecule has 0 saturated heterocycles. The van der Waals surface area contributed by atoms with E-state index in [1.54, 1.807) is 0 Å². The summed E-state index contributed by atoms with van der Waals surface area (Å²) in [4.78, 5) is 0. The minimum Gasteiger partial charge on any atom is -0.311 e. The van der Waals surface area contributed by atoms with E-state index in [0.29, 0.717) is 6.04 Å². The van der Waals surface area contributed by atoms with Gasteiger partial charge in [-0.05, 0) is 38.0 Å². The van der Waals surface area contributed by atoms with Gasteiger partial charge in [0, 0.05) is 12.1 Å². The Morgan fingerprint density at radius 2 is 1.75 bits per heavy atom. The summed E-state index contributed by atoms with van der Waals surface area (Å²) in [6.45, 7) is 9.43. The predicted octanol–water partition coefficient (Wildman–Crippen LogP) is 4.37. The topological polar surface area (TPSA) is 12.0 Å². The van der Waals surface area contributed by atoms with Gasteiger partial charge in [0.15, 0.2) is 0 Å². The van der Waals surface area contributed by atoms with Crippen LogP contribution >= 0.6 is 0 Å². The minimum absolute atomic E-state index is 0.702. The van der Waals surface area contributed by atoms with E-state index in [1.807, 2.05) is 0 Å². The third kappa shape index (κ3) is 4.45. The first-order valence-electron chi connectivity index (χ1n) is 7.43. The predicted molar refractivity (Wildman–Crippen MR) is 72.7 cm³/mol. The summed E-state index contributed by atoms with van der Waals surface area (Å²) in [5.74, 6) is 1.82. The molecular formula is C15H31N. The van der Waals surface area contributed by atoms with Gasteiger partial charge in [0.05, 0.1) is 0 Å². The van der Waals surface area contributed by atoms with Crippen LogP contribution in [0, 0.1) is 11.8 Å². The zero-order valence-electron chi connectivity index (χ0n) is 11.8. The minimum atomic E-state index is 0.702. The van der Waals surface area contributed by atoms with Crippen molar-refractivity contribution in [1.82, 2.24) is 5.32 Å². The lowest BCUT2D eigenvalue weighted by atomic mass is 9.94. The first-order chi connectivity index (χ1) is 7.67. The zero-order valence-corrected chi connectivity index (χ0v) is 11.8. The molecule has 1 heteroatoms. The molecule has 1 aliphatic rings. The van der Waals surface area contributed by atoms with Crippen molar-refractivity contribution in [3.63, 3.8) is 0 Å². The van der Waals surface area contributed by atoms with Crippen molar-refractivity contribution >= 4 is 0 Å². The van der Waals surface area contributed by atoms with Crippen molar-refractivity contribution in [3.8, 4) is 0 Å². The van der Waals surface area contributed by atoms with E-state index < -0.39 is 0 Å². The highest BCUT2D eigenvalue weighted by Gasteiger charge is 2.20. The molecule has 1 nitrogen and oxygen atoms in total. The van der Waals surface area contributed by atoms with E-state index >= 15 is 0 Å². The maximum atomic E-state index is 3.88. The third-order valence-corrected chi connectivity index (χ3v) is 4.51. The highest BCUT2D eigenvalue weighted by atomic mass is 14.9. The van der Waals surface area contributed by atoms with Crippen LogP contribution in [0.3, 0.4) is 0 Å². The molecule has 0 radical (unpaired) electrons. The molecule has 1 fully saturated rings. The lowest BCUT2D eigenvalue weighted by Gasteiger charge is -2.27. The molecule has 0 aromatic rings. The summed E-state index contributed by atoms with van der Waals surface area (Å²) < 4.78 is 0. The monoisotopic (exact) mass is 225 g/mol. The summed E-state index contributed by atoms with van der Waals surface area (Å²) in [6.07, 6.45) is 9.71. The molecule has 96 valence electrons. The van der Waals surface area contributed by atoms with E-state index in [4.69, 9.17) is 0 Å². The quantitative estimate of drug-likeness (QED) is 0.685. The largest absolute Gasteiger partial charge is 0.311 e. The van der Waals surface area contributed by atoms with E-state index in [1.165, 1.54) is 44.9 Å². The fourth-order valence-corrected chi connectivity index (χ4v) is 3.16. The first kappa shape index (κ1) is 14.0. The Hall–Kier alpha value is -0.0400. The van der Waals surface area contributed by atoms with E-state index in [0.717, 1.165) is 17.9 Å². The van der Waals surface area contributed by atoms with Crippen LogP contribution in [0.1, 0.15) is 72.6 Å². The SMILES string of the molecule is CCC(CC)C(C)NC1CCCC(C)CC1. The van der Waals surface area contributed by atoms with Crippen LogP contribution in [0.2, 0.25) is 0 Å². The highest BCUT2D eigenvalue weighted by molar-refractivity contribution is 4.79. The maximum Gasteiger partial charge on any atom is 0.00697 e. The Morgan fingerprint density at radius 1 is 1.06 bits per heavy atom. The summed E-state index contributed by atoms with van der Waals surface area (Å²) >= 11 is 0. The molecule has 16 heavy (non-hydrogen) atoms. The average molecular weight is 225 g/mol. The highest BCUT2D eigenvalue weighted by Crippen LogP contribution is 2.24. The summed E-state index contributed by atoms with van der Waals surface area (Å²) in [7, 11) is 0. The fraction of sp³-hybridized carbons (Fsp3) is 1.00. The van der Waals surface area contributed by atoms with Gasteiger partial charge in [-0.3, -0.25) is 0 Å². The van der Waals surface area contributed by atoms with Crippen molar-refractivity contribution in [2.45, 2.75) is 84.7 Å². The number of nitrogens with one attached hydrogen (secondary N) is 1. The molecule has 1 rings (SSSR count). The molecule has 0 heterocycles. The smallest absolute Gasteiger partial charge is 0.00697 e. The van der Waals surface area contributed by atoms with Crippen molar-refractivity contribution < 1.29 is 0 Å². The van der Waals surface area contributed by atoms with Crippen molar-refractivity contribution in [1.29, 1.82) is 0 Å². The Balaban J connectivity index is 2.34. The summed E-state index contributed by atoms with van der Waals surface area (Å²) in [6, 6.07) is 1.49. The Bertz CT molecular complexity index is 174. The standard InChI is InChI=1S/C15H31N/c1-5-14(6-2)13(4)16-15-9-7-8-12(3)10-11-15/h12-16H,5-11H2,1-4H3. The molecule has 0 amide bonds. The van der Waals surface area contributed by atoms with Crippen molar-refractivity contribution in [2.75, 3.05) is 0 Å². The van der Waals surface area contributed by atoms with Gasteiger partial charge in [-0.25, -0.2) is 0 Å². The van der Waals surface area contributed by atoms with Gasteiger partial charge in [-0.15, -0.1) is 0 Å². The van der Waals surface area contributed by atoms with Crippen LogP contribution in [0.25, 0.3) is 0 Å². The maximum absolute atomic E-state index is 3.88. The van der Waals surface area contributed by atoms with Crippen molar-refractivity contribution in [2.24, 2.45) is 11.8 Å². The molecule has 1 aliphatic carbocycles. The molecule has 3 atom stereocenters. The Labute approximate surface area is 102 Å². The van der Waals surface area contributed by atoms with Gasteiger partial charge < -0.3 is 5.32 Å². The van der Waals surface area contributed by atoms with Gasteiger partial charge in [0.2, 0.25) is 0 Å². The van der Waals surface area contributed by atoms with Gasteiger partial charge in [-0.1, -0.05) is 46.5 Å². The lowest BCUT2D eigenvalue weighted by molar-refractivity contribution is 0.305. The second-order valence-corrected chi connectivity index (χ2v) is 5.84. The molecule has 3 unspecified atom stereocenters. The number of hydrogen-bond donors (Lipinski definition) is 1. The van der Waals surface area contributed by atoms with Gasteiger partial charge in [0.1, 0.15) is 0 Å². The second-order valence-electron chi connectivity index (χ2n) is 5.84. The molecule has 0 aliphatic heterocycles. The Morgan fingerprint density at radius 3 is 2.38 bits per heavy atom. The number of rotatable bonds is 5. The van der Waals surface area contributed by atoms with Crippen LogP contribution in [0.5, 0.6) is 0 Å². The normalized spacial score (nSPS) is 29.1. The van der Waals surface area contributed by atoms with Gasteiger partial charge >= 0.3 is 0 Å². The molecule has 0 aromatic heterocycles. The zero-order chi connectivity index (χ0) is 12.0. The van der Waals surface area contributed by atoms with Crippen LogP contribution in [-0.2, 0) is 0 Å². The van der Waals surface area contributed by atoms with Gasteiger partial charge in [0.25, 0.3) is 0 Å². The molecular weight excluding hydrogens is 194 g/mol. The average Bonchev–Trinajstić information content (AvgIpc) is 2.46. The third-order valence-electron chi connectivity index (χ3n) is 4.51. The van der Waals surface area contributed by atoms with Crippen LogP contribution < -0.4 is 5.32 Å². The number of hydrogen-bond acceptors (Lipinski definition) is 1. The summed E-state index contributed by atoms with van der Waals surface area (Å²) in [5, 5.41) is 3.88. The molecule has 0 bridgehead atoms. The van der Waals surface area contributed by atoms with Crippen molar-refractivity contribution in [3.05, 3.63) is 0 Å². The van der Waals surface area contributed by atoms with E-state index in [9.17, 15) is 0 Å². The van der Waals surface area contributed by atoms with E-state index in [-0.39, 0.29) is 0 Å². The molecule has 0 aromatic carbocycles. The van der Waals surface area contributed by atoms with Crippen LogP contribution in [0.15, 0.2) is 0 Å². The molecule has 0 spiro atoms. The Kier molecular flexibility index (Phi) is 6.41. The van der Waals surface area contributed by atoms with Crippen LogP contribution in [-0.4, -0.2) is 12.1 Å². The first-order valence-corrected chi connectivity index (χ1v) is 7.43. The van der Waals surface area contributed by atoms with Crippen LogP contribution in [0.4, 0.5) is 0 Å². The second kappa shape index (κ2) is 7.32. The molecule has 1 N–H and O–H groups in total. The lowest BCUT2D eigenvalue weighted by Crippen LogP contribution is -2.40. The van der Waals surface area contributed by atoms with E-state index in [2.05, 4.69) is 33.0 Å².